The molecule has 0 aliphatic carbocycles. The van der Waals surface area contributed by atoms with E-state index in [-0.39, 0.29) is 18.7 Å². The van der Waals surface area contributed by atoms with E-state index in [1.54, 1.807) is 6.92 Å². The van der Waals surface area contributed by atoms with Crippen LogP contribution in [0.5, 0.6) is 0 Å². The molecule has 0 saturated heterocycles. The molecule has 0 spiro atoms. The lowest BCUT2D eigenvalue weighted by atomic mass is 10.1. The van der Waals surface area contributed by atoms with E-state index in [0.717, 1.165) is 0 Å². The Kier molecular flexibility index (Phi) is 3.62. The Morgan fingerprint density at radius 3 is 2.87 bits per heavy atom. The van der Waals surface area contributed by atoms with Crippen LogP contribution in [0, 0.1) is 12.7 Å². The third-order valence-corrected chi connectivity index (χ3v) is 2.00. The highest BCUT2D eigenvalue weighted by atomic mass is 19.1. The van der Waals surface area contributed by atoms with E-state index in [4.69, 9.17) is 10.8 Å². The lowest BCUT2D eigenvalue weighted by Gasteiger charge is -2.07. The summed E-state index contributed by atoms with van der Waals surface area (Å²) < 4.78 is 13.3. The molecule has 0 aliphatic rings. The summed E-state index contributed by atoms with van der Waals surface area (Å²) in [5, 5.41) is 10.8. The average molecular weight is 212 g/mol. The zero-order valence-electron chi connectivity index (χ0n) is 8.38. The number of anilines is 1. The monoisotopic (exact) mass is 212 g/mol. The smallest absolute Gasteiger partial charge is 0.254 e. The number of amides is 1. The first-order valence-corrected chi connectivity index (χ1v) is 4.51. The molecule has 1 aromatic rings. The van der Waals surface area contributed by atoms with Gasteiger partial charge in [0.1, 0.15) is 5.82 Å². The van der Waals surface area contributed by atoms with Crippen LogP contribution in [0.2, 0.25) is 0 Å². The van der Waals surface area contributed by atoms with Gasteiger partial charge in [-0.3, -0.25) is 4.79 Å². The van der Waals surface area contributed by atoms with Crippen LogP contribution in [0.4, 0.5) is 10.1 Å². The molecule has 82 valence electrons. The van der Waals surface area contributed by atoms with Crippen molar-refractivity contribution < 1.29 is 14.3 Å². The molecule has 0 bridgehead atoms. The maximum atomic E-state index is 13.3. The van der Waals surface area contributed by atoms with E-state index < -0.39 is 11.7 Å². The van der Waals surface area contributed by atoms with Crippen LogP contribution in [-0.4, -0.2) is 24.2 Å². The van der Waals surface area contributed by atoms with Crippen molar-refractivity contribution in [3.63, 3.8) is 0 Å². The number of carbonyl (C=O) groups excluding carboxylic acids is 1. The number of carbonyl (C=O) groups is 1. The fourth-order valence-corrected chi connectivity index (χ4v) is 1.13. The molecule has 0 aliphatic heterocycles. The second kappa shape index (κ2) is 4.75. The Morgan fingerprint density at radius 2 is 2.27 bits per heavy atom. The van der Waals surface area contributed by atoms with Crippen LogP contribution in [0.15, 0.2) is 12.1 Å². The SMILES string of the molecule is Cc1cc(F)c(C(=O)NCCO)cc1N. The molecule has 1 amide bonds. The predicted molar refractivity (Wildman–Crippen MR) is 55.0 cm³/mol. The van der Waals surface area contributed by atoms with E-state index in [1.165, 1.54) is 12.1 Å². The number of hydrogen-bond acceptors (Lipinski definition) is 3. The number of hydrogen-bond donors (Lipinski definition) is 3. The Labute approximate surface area is 86.9 Å². The third-order valence-electron chi connectivity index (χ3n) is 2.00. The summed E-state index contributed by atoms with van der Waals surface area (Å²) in [7, 11) is 0. The molecule has 0 saturated carbocycles. The first-order valence-electron chi connectivity index (χ1n) is 4.51. The molecule has 4 nitrogen and oxygen atoms in total. The van der Waals surface area contributed by atoms with Gasteiger partial charge in [-0.1, -0.05) is 0 Å². The van der Waals surface area contributed by atoms with Crippen molar-refractivity contribution in [2.24, 2.45) is 0 Å². The van der Waals surface area contributed by atoms with Gasteiger partial charge < -0.3 is 16.2 Å². The number of aliphatic hydroxyl groups excluding tert-OH is 1. The van der Waals surface area contributed by atoms with Crippen molar-refractivity contribution >= 4 is 11.6 Å². The van der Waals surface area contributed by atoms with Gasteiger partial charge in [-0.05, 0) is 24.6 Å². The minimum atomic E-state index is -0.614. The normalized spacial score (nSPS) is 10.1. The molecular weight excluding hydrogens is 199 g/mol. The number of nitrogen functional groups attached to an aromatic ring is 1. The molecular formula is C10H13FN2O2. The zero-order valence-corrected chi connectivity index (χ0v) is 8.38. The predicted octanol–water partition coefficient (Wildman–Crippen LogP) is 0.438. The number of aryl methyl sites for hydroxylation is 1. The van der Waals surface area contributed by atoms with Crippen molar-refractivity contribution in [3.8, 4) is 0 Å². The number of benzene rings is 1. The van der Waals surface area contributed by atoms with E-state index in [0.29, 0.717) is 11.3 Å². The van der Waals surface area contributed by atoms with Crippen molar-refractivity contribution in [2.75, 3.05) is 18.9 Å². The number of nitrogens with two attached hydrogens (primary N) is 1. The van der Waals surface area contributed by atoms with Crippen LogP contribution in [0.1, 0.15) is 15.9 Å². The van der Waals surface area contributed by atoms with E-state index in [9.17, 15) is 9.18 Å². The summed E-state index contributed by atoms with van der Waals surface area (Å²) in [4.78, 5) is 11.4. The molecule has 5 heteroatoms. The van der Waals surface area contributed by atoms with E-state index in [2.05, 4.69) is 5.32 Å². The quantitative estimate of drug-likeness (QED) is 0.636. The molecule has 0 radical (unpaired) electrons. The summed E-state index contributed by atoms with van der Waals surface area (Å²) in [6, 6.07) is 2.50. The summed E-state index contributed by atoms with van der Waals surface area (Å²) >= 11 is 0. The fourth-order valence-electron chi connectivity index (χ4n) is 1.13. The molecule has 1 aromatic carbocycles. The number of nitrogens with one attached hydrogen (secondary N) is 1. The van der Waals surface area contributed by atoms with Crippen molar-refractivity contribution in [1.82, 2.24) is 5.32 Å². The van der Waals surface area contributed by atoms with Gasteiger partial charge in [-0.25, -0.2) is 4.39 Å². The van der Waals surface area contributed by atoms with Gasteiger partial charge in [0.2, 0.25) is 0 Å². The van der Waals surface area contributed by atoms with Gasteiger partial charge in [0.15, 0.2) is 0 Å². The maximum absolute atomic E-state index is 13.3. The summed E-state index contributed by atoms with van der Waals surface area (Å²) in [5.74, 6) is -1.19. The number of aliphatic hydroxyl groups is 1. The first-order chi connectivity index (χ1) is 7.06. The molecule has 0 aromatic heterocycles. The van der Waals surface area contributed by atoms with Crippen LogP contribution >= 0.6 is 0 Å². The van der Waals surface area contributed by atoms with Gasteiger partial charge in [0, 0.05) is 12.2 Å². The lowest BCUT2D eigenvalue weighted by Crippen LogP contribution is -2.27. The van der Waals surface area contributed by atoms with E-state index in [1.807, 2.05) is 0 Å². The fraction of sp³-hybridized carbons (Fsp3) is 0.300. The van der Waals surface area contributed by atoms with Crippen molar-refractivity contribution in [2.45, 2.75) is 6.92 Å². The number of halogens is 1. The highest BCUT2D eigenvalue weighted by Crippen LogP contribution is 2.16. The maximum Gasteiger partial charge on any atom is 0.254 e. The van der Waals surface area contributed by atoms with Crippen molar-refractivity contribution in [1.29, 1.82) is 0 Å². The van der Waals surface area contributed by atoms with Gasteiger partial charge in [0.05, 0.1) is 12.2 Å². The van der Waals surface area contributed by atoms with Gasteiger partial charge >= 0.3 is 0 Å². The van der Waals surface area contributed by atoms with Crippen LogP contribution < -0.4 is 11.1 Å². The molecule has 0 atom stereocenters. The summed E-state index contributed by atoms with van der Waals surface area (Å²) in [6.45, 7) is 1.56. The van der Waals surface area contributed by atoms with Gasteiger partial charge in [0.25, 0.3) is 5.91 Å². The Balaban J connectivity index is 2.94. The largest absolute Gasteiger partial charge is 0.398 e. The van der Waals surface area contributed by atoms with Crippen molar-refractivity contribution in [3.05, 3.63) is 29.1 Å². The summed E-state index contributed by atoms with van der Waals surface area (Å²) in [6.07, 6.45) is 0. The molecule has 4 N–H and O–H groups in total. The Bertz CT molecular complexity index is 380. The van der Waals surface area contributed by atoms with E-state index >= 15 is 0 Å². The highest BCUT2D eigenvalue weighted by Gasteiger charge is 2.12. The van der Waals surface area contributed by atoms with Crippen LogP contribution in [0.3, 0.4) is 0 Å². The molecule has 15 heavy (non-hydrogen) atoms. The highest BCUT2D eigenvalue weighted by molar-refractivity contribution is 5.95. The second-order valence-electron chi connectivity index (χ2n) is 3.17. The topological polar surface area (TPSA) is 75.3 Å². The van der Waals surface area contributed by atoms with Crippen LogP contribution in [0.25, 0.3) is 0 Å². The Morgan fingerprint density at radius 1 is 1.60 bits per heavy atom. The minimum Gasteiger partial charge on any atom is -0.398 e. The summed E-state index contributed by atoms with van der Waals surface area (Å²) in [5.41, 5.74) is 6.41. The number of rotatable bonds is 3. The average Bonchev–Trinajstić information content (AvgIpc) is 2.20. The minimum absolute atomic E-state index is 0.0893. The standard InChI is InChI=1S/C10H13FN2O2/c1-6-4-8(11)7(5-9(6)12)10(15)13-2-3-14/h4-5,14H,2-3,12H2,1H3,(H,13,15). The first kappa shape index (κ1) is 11.5. The third kappa shape index (κ3) is 2.66. The van der Waals surface area contributed by atoms with Crippen LogP contribution in [-0.2, 0) is 0 Å². The molecule has 0 fully saturated rings. The Hall–Kier alpha value is -1.62. The molecule has 0 unspecified atom stereocenters. The van der Waals surface area contributed by atoms with Gasteiger partial charge in [-0.2, -0.15) is 0 Å². The molecule has 1 rings (SSSR count). The van der Waals surface area contributed by atoms with Gasteiger partial charge in [-0.15, -0.1) is 0 Å². The molecule has 0 heterocycles. The lowest BCUT2D eigenvalue weighted by molar-refractivity contribution is 0.0941. The zero-order chi connectivity index (χ0) is 11.4. The second-order valence-corrected chi connectivity index (χ2v) is 3.17.